The lowest BCUT2D eigenvalue weighted by Crippen LogP contribution is -2.17. The Bertz CT molecular complexity index is 593. The summed E-state index contributed by atoms with van der Waals surface area (Å²) in [5.41, 5.74) is 2.25. The largest absolute Gasteiger partial charge is 0.573 e. The van der Waals surface area contributed by atoms with Gasteiger partial charge in [-0.1, -0.05) is 46.3 Å². The van der Waals surface area contributed by atoms with Crippen LogP contribution < -0.4 is 4.74 Å². The molecule has 0 aliphatic rings. The van der Waals surface area contributed by atoms with E-state index in [9.17, 15) is 17.6 Å². The van der Waals surface area contributed by atoms with Gasteiger partial charge in [-0.25, -0.2) is 4.39 Å². The highest BCUT2D eigenvalue weighted by Crippen LogP contribution is 2.29. The summed E-state index contributed by atoms with van der Waals surface area (Å²) in [5, 5.41) is 0.694. The lowest BCUT2D eigenvalue weighted by molar-refractivity contribution is -0.275. The van der Waals surface area contributed by atoms with Crippen LogP contribution in [0.1, 0.15) is 5.56 Å². The van der Waals surface area contributed by atoms with E-state index in [2.05, 4.69) is 20.7 Å². The topological polar surface area (TPSA) is 9.23 Å². The first-order valence-electron chi connectivity index (χ1n) is 5.59. The Morgan fingerprint density at radius 1 is 0.950 bits per heavy atom. The number of hydrogen-bond donors (Lipinski definition) is 0. The molecule has 0 aliphatic heterocycles. The molecule has 0 saturated carbocycles. The zero-order valence-electron chi connectivity index (χ0n) is 10.0. The van der Waals surface area contributed by atoms with Crippen LogP contribution >= 0.6 is 15.9 Å². The Kier molecular flexibility index (Phi) is 4.32. The monoisotopic (exact) mass is 348 g/mol. The van der Waals surface area contributed by atoms with Crippen molar-refractivity contribution in [2.45, 2.75) is 11.7 Å². The predicted molar refractivity (Wildman–Crippen MR) is 71.2 cm³/mol. The van der Waals surface area contributed by atoms with Crippen molar-refractivity contribution < 1.29 is 22.3 Å². The van der Waals surface area contributed by atoms with Crippen LogP contribution in [0, 0.1) is 5.82 Å². The molecule has 1 nitrogen and oxygen atoms in total. The van der Waals surface area contributed by atoms with Crippen molar-refractivity contribution in [1.82, 2.24) is 0 Å². The third-order valence-electron chi connectivity index (χ3n) is 2.60. The van der Waals surface area contributed by atoms with Gasteiger partial charge in [0.05, 0.1) is 0 Å². The molecule has 106 valence electrons. The van der Waals surface area contributed by atoms with E-state index in [1.54, 1.807) is 12.1 Å². The molecule has 2 rings (SSSR count). The molecular weight excluding hydrogens is 340 g/mol. The van der Waals surface area contributed by atoms with Gasteiger partial charge in [0.15, 0.2) is 11.6 Å². The van der Waals surface area contributed by atoms with Crippen LogP contribution in [0.2, 0.25) is 0 Å². The molecule has 0 bridgehead atoms. The SMILES string of the molecule is Fc1cc(-c2ccc(CBr)cc2)ccc1OC(F)(F)F. The summed E-state index contributed by atoms with van der Waals surface area (Å²) in [6.07, 6.45) is -4.90. The van der Waals surface area contributed by atoms with E-state index in [-0.39, 0.29) is 0 Å². The fourth-order valence-electron chi connectivity index (χ4n) is 1.67. The fraction of sp³-hybridized carbons (Fsp3) is 0.143. The maximum atomic E-state index is 13.6. The van der Waals surface area contributed by atoms with Crippen molar-refractivity contribution in [3.05, 3.63) is 53.8 Å². The number of rotatable bonds is 3. The van der Waals surface area contributed by atoms with Crippen LogP contribution in [-0.2, 0) is 5.33 Å². The summed E-state index contributed by atoms with van der Waals surface area (Å²) in [4.78, 5) is 0. The van der Waals surface area contributed by atoms with Gasteiger partial charge >= 0.3 is 6.36 Å². The molecule has 0 amide bonds. The molecule has 0 saturated heterocycles. The number of ether oxygens (including phenoxy) is 1. The van der Waals surface area contributed by atoms with Gasteiger partial charge in [0.25, 0.3) is 0 Å². The second kappa shape index (κ2) is 5.83. The second-order valence-electron chi connectivity index (χ2n) is 4.02. The van der Waals surface area contributed by atoms with E-state index in [1.807, 2.05) is 12.1 Å². The van der Waals surface area contributed by atoms with Crippen LogP contribution in [0.15, 0.2) is 42.5 Å². The Morgan fingerprint density at radius 2 is 1.55 bits per heavy atom. The van der Waals surface area contributed by atoms with Crippen LogP contribution in [-0.4, -0.2) is 6.36 Å². The molecule has 0 heterocycles. The summed E-state index contributed by atoms with van der Waals surface area (Å²) in [6.45, 7) is 0. The summed E-state index contributed by atoms with van der Waals surface area (Å²) >= 11 is 3.30. The number of benzene rings is 2. The van der Waals surface area contributed by atoms with Crippen molar-refractivity contribution in [3.63, 3.8) is 0 Å². The van der Waals surface area contributed by atoms with Gasteiger partial charge in [-0.3, -0.25) is 0 Å². The normalized spacial score (nSPS) is 11.4. The molecule has 2 aromatic rings. The van der Waals surface area contributed by atoms with Gasteiger partial charge in [-0.05, 0) is 28.8 Å². The molecule has 0 fully saturated rings. The third kappa shape index (κ3) is 3.72. The second-order valence-corrected chi connectivity index (χ2v) is 4.58. The molecule has 0 atom stereocenters. The average molecular weight is 349 g/mol. The Morgan fingerprint density at radius 3 is 2.05 bits per heavy atom. The highest BCUT2D eigenvalue weighted by atomic mass is 79.9. The zero-order valence-corrected chi connectivity index (χ0v) is 11.6. The Hall–Kier alpha value is -1.56. The molecule has 0 spiro atoms. The van der Waals surface area contributed by atoms with Crippen molar-refractivity contribution in [2.75, 3.05) is 0 Å². The minimum Gasteiger partial charge on any atom is -0.403 e. The fourth-order valence-corrected chi connectivity index (χ4v) is 2.05. The highest BCUT2D eigenvalue weighted by molar-refractivity contribution is 9.08. The van der Waals surface area contributed by atoms with E-state index in [0.717, 1.165) is 17.7 Å². The maximum absolute atomic E-state index is 13.6. The Balaban J connectivity index is 2.28. The molecule has 0 N–H and O–H groups in total. The van der Waals surface area contributed by atoms with Gasteiger partial charge in [0.2, 0.25) is 0 Å². The summed E-state index contributed by atoms with van der Waals surface area (Å²) in [6, 6.07) is 10.6. The molecule has 0 aliphatic carbocycles. The standard InChI is InChI=1S/C14H9BrF4O/c15-8-9-1-3-10(4-2-9)11-5-6-13(12(16)7-11)20-14(17,18)19/h1-7H,8H2. The third-order valence-corrected chi connectivity index (χ3v) is 3.25. The minimum atomic E-state index is -4.90. The smallest absolute Gasteiger partial charge is 0.403 e. The van der Waals surface area contributed by atoms with Gasteiger partial charge in [-0.2, -0.15) is 0 Å². The van der Waals surface area contributed by atoms with E-state index >= 15 is 0 Å². The van der Waals surface area contributed by atoms with Crippen molar-refractivity contribution in [2.24, 2.45) is 0 Å². The number of alkyl halides is 4. The molecule has 20 heavy (non-hydrogen) atoms. The summed E-state index contributed by atoms with van der Waals surface area (Å²) in [5.74, 6) is -1.89. The first kappa shape index (κ1) is 14.8. The van der Waals surface area contributed by atoms with Gasteiger partial charge < -0.3 is 4.74 Å². The van der Waals surface area contributed by atoms with E-state index in [4.69, 9.17) is 0 Å². The number of halogens is 5. The van der Waals surface area contributed by atoms with E-state index < -0.39 is 17.9 Å². The summed E-state index contributed by atoms with van der Waals surface area (Å²) < 4.78 is 53.3. The maximum Gasteiger partial charge on any atom is 0.573 e. The highest BCUT2D eigenvalue weighted by Gasteiger charge is 2.32. The van der Waals surface area contributed by atoms with Gasteiger partial charge in [-0.15, -0.1) is 13.2 Å². The van der Waals surface area contributed by atoms with Crippen LogP contribution in [0.25, 0.3) is 11.1 Å². The minimum absolute atomic E-state index is 0.484. The van der Waals surface area contributed by atoms with Crippen LogP contribution in [0.3, 0.4) is 0 Å². The van der Waals surface area contributed by atoms with Gasteiger partial charge in [0.1, 0.15) is 0 Å². The predicted octanol–water partition coefficient (Wildman–Crippen LogP) is 5.29. The summed E-state index contributed by atoms with van der Waals surface area (Å²) in [7, 11) is 0. The van der Waals surface area contributed by atoms with Crippen molar-refractivity contribution in [1.29, 1.82) is 0 Å². The molecule has 0 unspecified atom stereocenters. The first-order valence-corrected chi connectivity index (χ1v) is 6.72. The van der Waals surface area contributed by atoms with Crippen LogP contribution in [0.4, 0.5) is 17.6 Å². The molecule has 2 aromatic carbocycles. The van der Waals surface area contributed by atoms with Crippen LogP contribution in [0.5, 0.6) is 5.75 Å². The quantitative estimate of drug-likeness (QED) is 0.541. The van der Waals surface area contributed by atoms with Gasteiger partial charge in [0, 0.05) is 5.33 Å². The first-order chi connectivity index (χ1) is 9.39. The zero-order chi connectivity index (χ0) is 14.8. The molecule has 6 heteroatoms. The molecular formula is C14H9BrF4O. The average Bonchev–Trinajstić information content (AvgIpc) is 2.40. The Labute approximate surface area is 121 Å². The molecule has 0 radical (unpaired) electrons. The lowest BCUT2D eigenvalue weighted by atomic mass is 10.0. The van der Waals surface area contributed by atoms with E-state index in [0.29, 0.717) is 16.5 Å². The van der Waals surface area contributed by atoms with Crippen molar-refractivity contribution >= 4 is 15.9 Å². The van der Waals surface area contributed by atoms with Crippen molar-refractivity contribution in [3.8, 4) is 16.9 Å². The van der Waals surface area contributed by atoms with E-state index in [1.165, 1.54) is 6.07 Å². The number of hydrogen-bond acceptors (Lipinski definition) is 1. The molecule has 0 aromatic heterocycles. The lowest BCUT2D eigenvalue weighted by Gasteiger charge is -2.10.